The van der Waals surface area contributed by atoms with Crippen molar-refractivity contribution in [2.24, 2.45) is 0 Å². The van der Waals surface area contributed by atoms with Crippen LogP contribution < -0.4 is 31.3 Å². The topological polar surface area (TPSA) is 228 Å². The van der Waals surface area contributed by atoms with Gasteiger partial charge in [-0.2, -0.15) is 0 Å². The van der Waals surface area contributed by atoms with Crippen LogP contribution >= 0.6 is 0 Å². The fourth-order valence-corrected chi connectivity index (χ4v) is 7.12. The molecule has 3 aliphatic heterocycles. The number of aliphatic hydroxyl groups is 1. The van der Waals surface area contributed by atoms with Crippen LogP contribution in [0.15, 0.2) is 0 Å². The van der Waals surface area contributed by atoms with Crippen molar-refractivity contribution in [1.29, 1.82) is 0 Å². The summed E-state index contributed by atoms with van der Waals surface area (Å²) in [4.78, 5) is 62.9. The third-order valence-corrected chi connectivity index (χ3v) is 12.7. The number of carbonyl (C=O) groups excluding carboxylic acids is 6. The van der Waals surface area contributed by atoms with E-state index in [1.54, 1.807) is 20.8 Å². The summed E-state index contributed by atoms with van der Waals surface area (Å²) in [6.45, 7) is 21.9. The lowest BCUT2D eigenvalue weighted by atomic mass is 9.85. The zero-order valence-corrected chi connectivity index (χ0v) is 36.5. The average Bonchev–Trinajstić information content (AvgIpc) is 2.94. The van der Waals surface area contributed by atoms with Gasteiger partial charge in [0.2, 0.25) is 17.7 Å². The lowest BCUT2D eigenvalue weighted by molar-refractivity contribution is -0.943. The largest absolute Gasteiger partial charge is 0.550 e. The van der Waals surface area contributed by atoms with Crippen molar-refractivity contribution in [1.82, 2.24) is 16.0 Å². The van der Waals surface area contributed by atoms with Crippen LogP contribution in [0.1, 0.15) is 114 Å². The molecule has 320 valence electrons. The molecular formula is C39H74N6O10. The van der Waals surface area contributed by atoms with E-state index in [0.29, 0.717) is 18.1 Å². The molecule has 3 aliphatic rings. The van der Waals surface area contributed by atoms with Gasteiger partial charge in [-0.1, -0.05) is 0 Å². The highest BCUT2D eigenvalue weighted by atomic mass is 16.4. The number of rotatable bonds is 8. The summed E-state index contributed by atoms with van der Waals surface area (Å²) in [7, 11) is 13.6. The Morgan fingerprint density at radius 3 is 0.909 bits per heavy atom. The van der Waals surface area contributed by atoms with Gasteiger partial charge >= 0.3 is 0 Å². The van der Waals surface area contributed by atoms with Crippen molar-refractivity contribution in [3.8, 4) is 0 Å². The second-order valence-corrected chi connectivity index (χ2v) is 19.3. The lowest BCUT2D eigenvalue weighted by Crippen LogP contribution is -2.63. The molecule has 3 saturated heterocycles. The SMILES string of the molecule is CC(=O)NC1CC[N+](C)(C)C(C)(C)C1.CC(=O)NC1CC[N+](C)(C)C(C)(C)C1.CC(=O)NC1CC[N+](C)(C)C(C)(C)C1.O=C([O-])CC(O)(CC(=O)[O-])C(=O)[O-]. The van der Waals surface area contributed by atoms with Gasteiger partial charge in [-0.3, -0.25) is 14.4 Å². The van der Waals surface area contributed by atoms with Gasteiger partial charge in [-0.15, -0.1) is 0 Å². The molecule has 3 amide bonds. The average molecular weight is 787 g/mol. The van der Waals surface area contributed by atoms with E-state index in [4.69, 9.17) is 5.11 Å². The first-order valence-electron chi connectivity index (χ1n) is 19.2. The molecule has 0 saturated carbocycles. The summed E-state index contributed by atoms with van der Waals surface area (Å²) in [5, 5.41) is 48.0. The predicted molar refractivity (Wildman–Crippen MR) is 203 cm³/mol. The molecule has 0 bridgehead atoms. The van der Waals surface area contributed by atoms with Gasteiger partial charge in [0, 0.05) is 102 Å². The van der Waals surface area contributed by atoms with Crippen molar-refractivity contribution < 1.29 is 62.6 Å². The Morgan fingerprint density at radius 2 is 0.764 bits per heavy atom. The van der Waals surface area contributed by atoms with Crippen LogP contribution in [0.4, 0.5) is 0 Å². The Hall–Kier alpha value is -3.34. The summed E-state index contributed by atoms with van der Waals surface area (Å²) < 4.78 is 3.13. The highest BCUT2D eigenvalue weighted by Crippen LogP contribution is 2.33. The molecule has 0 radical (unpaired) electrons. The second kappa shape index (κ2) is 19.7. The third-order valence-electron chi connectivity index (χ3n) is 12.7. The molecular weight excluding hydrogens is 712 g/mol. The van der Waals surface area contributed by atoms with E-state index in [1.165, 1.54) is 0 Å². The number of quaternary nitrogens is 3. The first kappa shape index (κ1) is 51.7. The van der Waals surface area contributed by atoms with E-state index in [-0.39, 0.29) is 34.3 Å². The normalized spacial score (nSPS) is 25.2. The molecule has 3 rings (SSSR count). The number of aliphatic carboxylic acids is 3. The highest BCUT2D eigenvalue weighted by Gasteiger charge is 2.45. The predicted octanol–water partition coefficient (Wildman–Crippen LogP) is -1.83. The minimum atomic E-state index is -2.97. The van der Waals surface area contributed by atoms with E-state index in [9.17, 15) is 44.1 Å². The number of carbonyl (C=O) groups is 6. The van der Waals surface area contributed by atoms with Crippen LogP contribution in [0, 0.1) is 0 Å². The van der Waals surface area contributed by atoms with Crippen LogP contribution in [0.5, 0.6) is 0 Å². The molecule has 0 aromatic rings. The summed E-state index contributed by atoms with van der Waals surface area (Å²) in [6, 6.07) is 1.11. The Labute approximate surface area is 329 Å². The standard InChI is InChI=1S/3C11H22N2O.C6H8O7/c3*1-9(14)12-10-6-7-13(4,5)11(2,3)8-10;7-3(8)1-6(13,5(11)12)2-4(9)10/h3*10H,6-8H2,1-5H3;13H,1-2H2,(H,7,8)(H,9,10)(H,11,12). The monoisotopic (exact) mass is 787 g/mol. The van der Waals surface area contributed by atoms with Crippen LogP contribution in [-0.4, -0.2) is 156 Å². The Balaban J connectivity index is 0.000000707. The van der Waals surface area contributed by atoms with Gasteiger partial charge in [-0.25, -0.2) is 0 Å². The van der Waals surface area contributed by atoms with Crippen LogP contribution in [0.2, 0.25) is 0 Å². The summed E-state index contributed by atoms with van der Waals surface area (Å²) in [6.07, 6.45) is 3.77. The number of amides is 3. The number of hydrogen-bond donors (Lipinski definition) is 4. The molecule has 16 heteroatoms. The number of nitrogens with zero attached hydrogens (tertiary/aromatic N) is 3. The number of carboxylic acids is 3. The minimum absolute atomic E-state index is 0.0954. The summed E-state index contributed by atoms with van der Waals surface area (Å²) in [5.41, 5.74) is -2.21. The summed E-state index contributed by atoms with van der Waals surface area (Å²) >= 11 is 0. The van der Waals surface area contributed by atoms with Crippen LogP contribution in [-0.2, 0) is 28.8 Å². The maximum atomic E-state index is 11.0. The zero-order chi connectivity index (χ0) is 43.6. The molecule has 3 unspecified atom stereocenters. The van der Waals surface area contributed by atoms with Crippen molar-refractivity contribution in [3.05, 3.63) is 0 Å². The van der Waals surface area contributed by atoms with E-state index in [0.717, 1.165) is 71.6 Å². The molecule has 16 nitrogen and oxygen atoms in total. The van der Waals surface area contributed by atoms with Gasteiger partial charge in [0.25, 0.3) is 0 Å². The summed E-state index contributed by atoms with van der Waals surface area (Å²) in [5.74, 6) is -5.70. The molecule has 0 aliphatic carbocycles. The lowest BCUT2D eigenvalue weighted by Gasteiger charge is -2.50. The van der Waals surface area contributed by atoms with E-state index >= 15 is 0 Å². The number of carboxylic acid groups (broad SMARTS) is 3. The van der Waals surface area contributed by atoms with Crippen molar-refractivity contribution in [3.63, 3.8) is 0 Å². The quantitative estimate of drug-likeness (QED) is 0.201. The van der Waals surface area contributed by atoms with E-state index in [2.05, 4.69) is 99.8 Å². The molecule has 55 heavy (non-hydrogen) atoms. The first-order valence-corrected chi connectivity index (χ1v) is 19.2. The maximum absolute atomic E-state index is 11.0. The number of nitrogens with one attached hydrogen (secondary N) is 3. The van der Waals surface area contributed by atoms with Gasteiger partial charge in [0.1, 0.15) is 5.60 Å². The Morgan fingerprint density at radius 1 is 0.545 bits per heavy atom. The first-order chi connectivity index (χ1) is 24.5. The molecule has 0 spiro atoms. The van der Waals surface area contributed by atoms with E-state index < -0.39 is 36.4 Å². The van der Waals surface area contributed by atoms with Gasteiger partial charge in [0.15, 0.2) is 0 Å². The van der Waals surface area contributed by atoms with Crippen molar-refractivity contribution in [2.75, 3.05) is 61.9 Å². The Kier molecular flexibility index (Phi) is 18.5. The molecule has 3 heterocycles. The van der Waals surface area contributed by atoms with Gasteiger partial charge < -0.3 is 64.2 Å². The number of piperidine rings is 3. The molecule has 0 aromatic carbocycles. The van der Waals surface area contributed by atoms with Gasteiger partial charge in [-0.05, 0) is 41.5 Å². The van der Waals surface area contributed by atoms with E-state index in [1.807, 2.05) is 0 Å². The molecule has 3 atom stereocenters. The second-order valence-electron chi connectivity index (χ2n) is 19.3. The van der Waals surface area contributed by atoms with Crippen molar-refractivity contribution >= 4 is 35.6 Å². The molecule has 4 N–H and O–H groups in total. The zero-order valence-electron chi connectivity index (χ0n) is 36.5. The van der Waals surface area contributed by atoms with Crippen LogP contribution in [0.3, 0.4) is 0 Å². The molecule has 3 fully saturated rings. The van der Waals surface area contributed by atoms with Crippen LogP contribution in [0.25, 0.3) is 0 Å². The molecule has 0 aromatic heterocycles. The van der Waals surface area contributed by atoms with Gasteiger partial charge in [0.05, 0.1) is 84.5 Å². The maximum Gasteiger partial charge on any atom is 0.217 e. The highest BCUT2D eigenvalue weighted by molar-refractivity contribution is 5.86. The smallest absolute Gasteiger partial charge is 0.217 e. The third kappa shape index (κ3) is 16.7. The Bertz CT molecular complexity index is 1220. The minimum Gasteiger partial charge on any atom is -0.550 e. The fraction of sp³-hybridized carbons (Fsp3) is 0.846. The fourth-order valence-electron chi connectivity index (χ4n) is 7.12. The number of likely N-dealkylation sites (tertiary alicyclic amines) is 3. The van der Waals surface area contributed by atoms with Crippen molar-refractivity contribution in [2.45, 2.75) is 154 Å². The number of hydrogen-bond acceptors (Lipinski definition) is 10.